The highest BCUT2D eigenvalue weighted by atomic mass is 19.4. The second kappa shape index (κ2) is 10.3. The molecule has 0 aromatic heterocycles. The van der Waals surface area contributed by atoms with Crippen molar-refractivity contribution in [2.45, 2.75) is 82.3 Å². The van der Waals surface area contributed by atoms with Crippen molar-refractivity contribution < 1.29 is 41.0 Å². The number of benzene rings is 2. The molecule has 2 aromatic carbocycles. The first kappa shape index (κ1) is 28.8. The second-order valence-electron chi connectivity index (χ2n) is 11.7. The number of ether oxygens (including phenoxy) is 1. The summed E-state index contributed by atoms with van der Waals surface area (Å²) in [5.74, 6) is -0.384. The van der Waals surface area contributed by atoms with Gasteiger partial charge in [0.05, 0.1) is 17.0 Å². The molecule has 2 aromatic rings. The molecule has 1 N–H and O–H groups in total. The predicted molar refractivity (Wildman–Crippen MR) is 136 cm³/mol. The van der Waals surface area contributed by atoms with E-state index in [9.17, 15) is 36.2 Å². The maximum atomic E-state index is 13.7. The van der Waals surface area contributed by atoms with Gasteiger partial charge in [-0.25, -0.2) is 0 Å². The molecule has 0 amide bonds. The number of hydrogen-bond donors (Lipinski definition) is 1. The van der Waals surface area contributed by atoms with E-state index in [1.54, 1.807) is 11.8 Å². The molecular formula is C30H33F6NO3. The van der Waals surface area contributed by atoms with Crippen LogP contribution in [0, 0.1) is 11.8 Å². The lowest BCUT2D eigenvalue weighted by Crippen LogP contribution is -2.50. The fourth-order valence-electron chi connectivity index (χ4n) is 6.52. The van der Waals surface area contributed by atoms with E-state index in [2.05, 4.69) is 0 Å². The third-order valence-corrected chi connectivity index (χ3v) is 9.10. The van der Waals surface area contributed by atoms with E-state index in [4.69, 9.17) is 4.74 Å². The van der Waals surface area contributed by atoms with Crippen LogP contribution >= 0.6 is 0 Å². The summed E-state index contributed by atoms with van der Waals surface area (Å²) in [6, 6.07) is 6.74. The van der Waals surface area contributed by atoms with Crippen LogP contribution in [0.25, 0.3) is 0 Å². The maximum absolute atomic E-state index is 13.7. The van der Waals surface area contributed by atoms with Crippen LogP contribution in [-0.2, 0) is 23.6 Å². The van der Waals surface area contributed by atoms with Crippen LogP contribution < -0.4 is 4.74 Å². The third kappa shape index (κ3) is 5.69. The van der Waals surface area contributed by atoms with Crippen LogP contribution in [-0.4, -0.2) is 34.7 Å². The summed E-state index contributed by atoms with van der Waals surface area (Å²) in [7, 11) is 0. The largest absolute Gasteiger partial charge is 0.487 e. The molecule has 2 aliphatic heterocycles. The molecule has 0 bridgehead atoms. The minimum absolute atomic E-state index is 0.0951. The van der Waals surface area contributed by atoms with Crippen LogP contribution in [0.1, 0.15) is 85.7 Å². The number of nitrogens with zero attached hydrogens (tertiary/aromatic N) is 1. The molecule has 1 aliphatic carbocycles. The van der Waals surface area contributed by atoms with Gasteiger partial charge < -0.3 is 9.84 Å². The fourth-order valence-corrected chi connectivity index (χ4v) is 6.52. The predicted octanol–water partition coefficient (Wildman–Crippen LogP) is 7.86. The number of aliphatic carboxylic acids is 1. The number of piperidine rings is 1. The fraction of sp³-hybridized carbons (Fsp3) is 0.567. The van der Waals surface area contributed by atoms with Crippen LogP contribution in [0.15, 0.2) is 36.4 Å². The molecule has 10 heteroatoms. The number of halogens is 6. The monoisotopic (exact) mass is 569 g/mol. The molecule has 40 heavy (non-hydrogen) atoms. The molecule has 5 rings (SSSR count). The van der Waals surface area contributed by atoms with Crippen molar-refractivity contribution in [2.24, 2.45) is 11.8 Å². The number of carbonyl (C=O) groups is 1. The third-order valence-electron chi connectivity index (χ3n) is 9.10. The summed E-state index contributed by atoms with van der Waals surface area (Å²) < 4.78 is 87.7. The van der Waals surface area contributed by atoms with Gasteiger partial charge in [-0.3, -0.25) is 9.69 Å². The number of alkyl halides is 6. The smallest absolute Gasteiger partial charge is 0.416 e. The van der Waals surface area contributed by atoms with Gasteiger partial charge in [0.1, 0.15) is 11.4 Å². The van der Waals surface area contributed by atoms with Gasteiger partial charge in [-0.1, -0.05) is 19.1 Å². The Morgan fingerprint density at radius 2 is 1.65 bits per heavy atom. The summed E-state index contributed by atoms with van der Waals surface area (Å²) >= 11 is 0. The Morgan fingerprint density at radius 1 is 0.975 bits per heavy atom. The Hall–Kier alpha value is -2.75. The Morgan fingerprint density at radius 3 is 2.23 bits per heavy atom. The SMILES string of the molecule is C[C@H](C(=O)O)[C@H](c1ccc2c(c1)OC1(CC2)CCN([C@@H](C)c2cc(C(F)(F)F)ccc2C(F)(F)F)CC1)C1CC1. The van der Waals surface area contributed by atoms with Crippen molar-refractivity contribution in [3.8, 4) is 5.75 Å². The molecular weight excluding hydrogens is 536 g/mol. The summed E-state index contributed by atoms with van der Waals surface area (Å²) in [5.41, 5.74) is -1.05. The van der Waals surface area contributed by atoms with Gasteiger partial charge in [0, 0.05) is 19.1 Å². The molecule has 2 fully saturated rings. The van der Waals surface area contributed by atoms with Gasteiger partial charge in [-0.05, 0) is 98.2 Å². The van der Waals surface area contributed by atoms with Gasteiger partial charge in [0.2, 0.25) is 0 Å². The first-order chi connectivity index (χ1) is 18.7. The summed E-state index contributed by atoms with van der Waals surface area (Å²) in [6.07, 6.45) is -4.96. The van der Waals surface area contributed by atoms with E-state index in [1.165, 1.54) is 6.92 Å². The normalized spacial score (nSPS) is 21.8. The zero-order valence-corrected chi connectivity index (χ0v) is 22.4. The highest BCUT2D eigenvalue weighted by Gasteiger charge is 2.44. The molecule has 4 nitrogen and oxygen atoms in total. The minimum atomic E-state index is -4.77. The number of likely N-dealkylation sites (tertiary alicyclic amines) is 1. The molecule has 0 unspecified atom stereocenters. The van der Waals surface area contributed by atoms with Crippen molar-refractivity contribution in [3.05, 3.63) is 64.2 Å². The van der Waals surface area contributed by atoms with Crippen molar-refractivity contribution in [1.29, 1.82) is 0 Å². The van der Waals surface area contributed by atoms with Gasteiger partial charge in [-0.2, -0.15) is 26.3 Å². The summed E-state index contributed by atoms with van der Waals surface area (Å²) in [5, 5.41) is 9.64. The molecule has 1 spiro atoms. The van der Waals surface area contributed by atoms with Crippen molar-refractivity contribution in [1.82, 2.24) is 4.90 Å². The molecule has 3 atom stereocenters. The Kier molecular flexibility index (Phi) is 7.38. The summed E-state index contributed by atoms with van der Waals surface area (Å²) in [4.78, 5) is 13.5. The van der Waals surface area contributed by atoms with Crippen molar-refractivity contribution in [3.63, 3.8) is 0 Å². The highest BCUT2D eigenvalue weighted by molar-refractivity contribution is 5.71. The standard InChI is InChI=1S/C30H33F6NO3/c1-17(27(38)39)26(20-4-5-20)21-6-3-19-9-10-28(40-25(19)15-21)11-13-37(14-12-28)18(2)23-16-22(29(31,32)33)7-8-24(23)30(34,35)36/h3,6-8,15-18,20,26H,4-5,9-14H2,1-2H3,(H,38,39)/t17-,18-,26-/m0/s1. The van der Waals surface area contributed by atoms with Crippen LogP contribution in [0.3, 0.4) is 0 Å². The van der Waals surface area contributed by atoms with Crippen LogP contribution in [0.5, 0.6) is 5.75 Å². The summed E-state index contributed by atoms with van der Waals surface area (Å²) in [6.45, 7) is 4.02. The van der Waals surface area contributed by atoms with E-state index >= 15 is 0 Å². The average Bonchev–Trinajstić information content (AvgIpc) is 3.72. The lowest BCUT2D eigenvalue weighted by molar-refractivity contribution is -0.142. The Balaban J connectivity index is 1.33. The molecule has 3 aliphatic rings. The topological polar surface area (TPSA) is 49.8 Å². The van der Waals surface area contributed by atoms with E-state index in [0.717, 1.165) is 42.6 Å². The molecule has 1 saturated heterocycles. The quantitative estimate of drug-likeness (QED) is 0.360. The van der Waals surface area contributed by atoms with E-state index in [0.29, 0.717) is 50.0 Å². The molecule has 218 valence electrons. The lowest BCUT2D eigenvalue weighted by atomic mass is 9.80. The zero-order chi connectivity index (χ0) is 29.0. The number of aryl methyl sites for hydroxylation is 1. The maximum Gasteiger partial charge on any atom is 0.416 e. The van der Waals surface area contributed by atoms with Gasteiger partial charge in [0.25, 0.3) is 0 Å². The number of rotatable bonds is 6. The van der Waals surface area contributed by atoms with E-state index in [-0.39, 0.29) is 11.5 Å². The van der Waals surface area contributed by atoms with Crippen LogP contribution in [0.4, 0.5) is 26.3 Å². The average molecular weight is 570 g/mol. The molecule has 2 heterocycles. The zero-order valence-electron chi connectivity index (χ0n) is 22.4. The van der Waals surface area contributed by atoms with E-state index in [1.807, 2.05) is 18.2 Å². The highest BCUT2D eigenvalue weighted by Crippen LogP contribution is 2.49. The number of carboxylic acids is 1. The van der Waals surface area contributed by atoms with Crippen LogP contribution in [0.2, 0.25) is 0 Å². The van der Waals surface area contributed by atoms with Crippen molar-refractivity contribution >= 4 is 5.97 Å². The Bertz CT molecular complexity index is 1260. The van der Waals surface area contributed by atoms with Gasteiger partial charge >= 0.3 is 18.3 Å². The first-order valence-electron chi connectivity index (χ1n) is 13.8. The molecule has 0 radical (unpaired) electrons. The minimum Gasteiger partial charge on any atom is -0.487 e. The molecule has 1 saturated carbocycles. The van der Waals surface area contributed by atoms with E-state index < -0.39 is 47.0 Å². The number of fused-ring (bicyclic) bond motifs is 1. The van der Waals surface area contributed by atoms with Gasteiger partial charge in [0.15, 0.2) is 0 Å². The van der Waals surface area contributed by atoms with Crippen molar-refractivity contribution in [2.75, 3.05) is 13.1 Å². The second-order valence-corrected chi connectivity index (χ2v) is 11.7. The van der Waals surface area contributed by atoms with Gasteiger partial charge in [-0.15, -0.1) is 0 Å². The Labute approximate surface area is 229 Å². The number of hydrogen-bond acceptors (Lipinski definition) is 3. The lowest BCUT2D eigenvalue weighted by Gasteiger charge is -2.46. The number of carboxylic acid groups (broad SMARTS) is 1. The first-order valence-corrected chi connectivity index (χ1v) is 13.8.